The molecule has 0 atom stereocenters. The maximum absolute atomic E-state index is 11.9. The van der Waals surface area contributed by atoms with E-state index in [0.29, 0.717) is 0 Å². The minimum Gasteiger partial charge on any atom is -0.482 e. The highest BCUT2D eigenvalue weighted by Gasteiger charge is 2.28. The Hall–Kier alpha value is -1.26. The fourth-order valence-electron chi connectivity index (χ4n) is 0.995. The Morgan fingerprint density at radius 2 is 2.00 bits per heavy atom. The van der Waals surface area contributed by atoms with Crippen LogP contribution in [-0.4, -0.2) is 17.8 Å². The molecule has 0 saturated heterocycles. The molecular formula is C10H12F3NO. The van der Waals surface area contributed by atoms with E-state index in [4.69, 9.17) is 0 Å². The van der Waals surface area contributed by atoms with Crippen LogP contribution in [0.5, 0.6) is 5.75 Å². The molecule has 0 spiro atoms. The second-order valence-electron chi connectivity index (χ2n) is 3.51. The zero-order valence-corrected chi connectivity index (χ0v) is 8.51. The van der Waals surface area contributed by atoms with Crippen LogP contribution in [0.25, 0.3) is 0 Å². The number of pyridine rings is 1. The molecule has 0 aromatic carbocycles. The van der Waals surface area contributed by atoms with Crippen molar-refractivity contribution in [1.29, 1.82) is 0 Å². The third-order valence-corrected chi connectivity index (χ3v) is 1.80. The Kier molecular flexibility index (Phi) is 3.55. The molecule has 0 fully saturated rings. The smallest absolute Gasteiger partial charge is 0.422 e. The average molecular weight is 219 g/mol. The molecule has 1 aromatic heterocycles. The molecule has 0 N–H and O–H groups in total. The predicted molar refractivity (Wildman–Crippen MR) is 49.9 cm³/mol. The summed E-state index contributed by atoms with van der Waals surface area (Å²) in [6, 6.07) is 1.57. The van der Waals surface area contributed by atoms with Crippen molar-refractivity contribution >= 4 is 0 Å². The van der Waals surface area contributed by atoms with Crippen LogP contribution < -0.4 is 4.74 Å². The van der Waals surface area contributed by atoms with E-state index in [1.807, 2.05) is 13.8 Å². The van der Waals surface area contributed by atoms with E-state index in [0.717, 1.165) is 5.56 Å². The summed E-state index contributed by atoms with van der Waals surface area (Å²) in [5, 5.41) is 0. The molecular weight excluding hydrogens is 207 g/mol. The topological polar surface area (TPSA) is 22.1 Å². The van der Waals surface area contributed by atoms with Crippen LogP contribution in [0.2, 0.25) is 0 Å². The molecule has 84 valence electrons. The lowest BCUT2D eigenvalue weighted by atomic mass is 10.1. The summed E-state index contributed by atoms with van der Waals surface area (Å²) >= 11 is 0. The van der Waals surface area contributed by atoms with Gasteiger partial charge in [0, 0.05) is 6.20 Å². The number of rotatable bonds is 3. The molecule has 15 heavy (non-hydrogen) atoms. The van der Waals surface area contributed by atoms with Crippen LogP contribution in [0.15, 0.2) is 18.5 Å². The summed E-state index contributed by atoms with van der Waals surface area (Å²) in [7, 11) is 0. The molecule has 0 aliphatic heterocycles. The van der Waals surface area contributed by atoms with Crippen molar-refractivity contribution in [1.82, 2.24) is 4.98 Å². The second kappa shape index (κ2) is 4.51. The second-order valence-corrected chi connectivity index (χ2v) is 3.51. The Labute approximate surface area is 86.1 Å². The zero-order valence-electron chi connectivity index (χ0n) is 8.51. The van der Waals surface area contributed by atoms with Crippen molar-refractivity contribution in [3.63, 3.8) is 0 Å². The number of halogens is 3. The van der Waals surface area contributed by atoms with Crippen molar-refractivity contribution in [3.05, 3.63) is 24.0 Å². The molecule has 2 nitrogen and oxygen atoms in total. The third kappa shape index (κ3) is 4.18. The van der Waals surface area contributed by atoms with E-state index in [1.165, 1.54) is 6.20 Å². The standard InChI is InChI=1S/C10H12F3NO/c1-7(2)8-3-9(5-14-4-8)15-6-10(11,12)13/h3-5,7H,6H2,1-2H3. The molecule has 1 heterocycles. The molecule has 0 aliphatic carbocycles. The molecule has 0 unspecified atom stereocenters. The largest absolute Gasteiger partial charge is 0.482 e. The monoisotopic (exact) mass is 219 g/mol. The molecule has 5 heteroatoms. The third-order valence-electron chi connectivity index (χ3n) is 1.80. The molecule has 0 aliphatic rings. The van der Waals surface area contributed by atoms with Crippen molar-refractivity contribution in [2.45, 2.75) is 25.9 Å². The lowest BCUT2D eigenvalue weighted by molar-refractivity contribution is -0.153. The van der Waals surface area contributed by atoms with Gasteiger partial charge in [-0.3, -0.25) is 4.98 Å². The van der Waals surface area contributed by atoms with Crippen LogP contribution in [0.3, 0.4) is 0 Å². The van der Waals surface area contributed by atoms with Crippen LogP contribution in [0.1, 0.15) is 25.3 Å². The van der Waals surface area contributed by atoms with Gasteiger partial charge in [0.25, 0.3) is 0 Å². The molecule has 0 radical (unpaired) electrons. The maximum atomic E-state index is 11.9. The van der Waals surface area contributed by atoms with Gasteiger partial charge in [-0.1, -0.05) is 13.8 Å². The first kappa shape index (κ1) is 11.8. The van der Waals surface area contributed by atoms with Crippen LogP contribution >= 0.6 is 0 Å². The van der Waals surface area contributed by atoms with Gasteiger partial charge < -0.3 is 4.74 Å². The Balaban J connectivity index is 2.66. The SMILES string of the molecule is CC(C)c1cncc(OCC(F)(F)F)c1. The Morgan fingerprint density at radius 3 is 2.53 bits per heavy atom. The van der Waals surface area contributed by atoms with Gasteiger partial charge in [-0.05, 0) is 17.5 Å². The van der Waals surface area contributed by atoms with Gasteiger partial charge in [-0.15, -0.1) is 0 Å². The van der Waals surface area contributed by atoms with Gasteiger partial charge in [0.05, 0.1) is 6.20 Å². The molecule has 0 bridgehead atoms. The maximum Gasteiger partial charge on any atom is 0.422 e. The highest BCUT2D eigenvalue weighted by Crippen LogP contribution is 2.21. The first-order valence-electron chi connectivity index (χ1n) is 4.53. The number of hydrogen-bond donors (Lipinski definition) is 0. The van der Waals surface area contributed by atoms with Gasteiger partial charge in [-0.2, -0.15) is 13.2 Å². The summed E-state index contributed by atoms with van der Waals surface area (Å²) < 4.78 is 40.1. The van der Waals surface area contributed by atoms with Gasteiger partial charge in [-0.25, -0.2) is 0 Å². The highest BCUT2D eigenvalue weighted by molar-refractivity contribution is 5.25. The summed E-state index contributed by atoms with van der Waals surface area (Å²) in [5.41, 5.74) is 0.856. The van der Waals surface area contributed by atoms with Crippen molar-refractivity contribution in [2.75, 3.05) is 6.61 Å². The fraction of sp³-hybridized carbons (Fsp3) is 0.500. The van der Waals surface area contributed by atoms with Gasteiger partial charge in [0.1, 0.15) is 5.75 Å². The Bertz CT molecular complexity index is 323. The summed E-state index contributed by atoms with van der Waals surface area (Å²) in [6.07, 6.45) is -1.42. The van der Waals surface area contributed by atoms with Crippen molar-refractivity contribution < 1.29 is 17.9 Å². The summed E-state index contributed by atoms with van der Waals surface area (Å²) in [5.74, 6) is 0.366. The van der Waals surface area contributed by atoms with E-state index in [-0.39, 0.29) is 11.7 Å². The normalized spacial score (nSPS) is 11.9. The minimum atomic E-state index is -4.31. The number of aromatic nitrogens is 1. The van der Waals surface area contributed by atoms with Crippen LogP contribution in [-0.2, 0) is 0 Å². The van der Waals surface area contributed by atoms with E-state index in [1.54, 1.807) is 12.3 Å². The highest BCUT2D eigenvalue weighted by atomic mass is 19.4. The first-order chi connectivity index (χ1) is 6.88. The fourth-order valence-corrected chi connectivity index (χ4v) is 0.995. The lowest BCUT2D eigenvalue weighted by Crippen LogP contribution is -2.19. The Morgan fingerprint density at radius 1 is 1.33 bits per heavy atom. The molecule has 0 amide bonds. The predicted octanol–water partition coefficient (Wildman–Crippen LogP) is 3.15. The van der Waals surface area contributed by atoms with Crippen LogP contribution in [0.4, 0.5) is 13.2 Å². The van der Waals surface area contributed by atoms with E-state index < -0.39 is 12.8 Å². The quantitative estimate of drug-likeness (QED) is 0.779. The number of nitrogens with zero attached hydrogens (tertiary/aromatic N) is 1. The van der Waals surface area contributed by atoms with Gasteiger partial charge in [0.2, 0.25) is 0 Å². The average Bonchev–Trinajstić information content (AvgIpc) is 2.14. The molecule has 0 saturated carbocycles. The van der Waals surface area contributed by atoms with Crippen molar-refractivity contribution in [3.8, 4) is 5.75 Å². The van der Waals surface area contributed by atoms with E-state index in [9.17, 15) is 13.2 Å². The van der Waals surface area contributed by atoms with Gasteiger partial charge in [0.15, 0.2) is 6.61 Å². The van der Waals surface area contributed by atoms with Gasteiger partial charge >= 0.3 is 6.18 Å². The minimum absolute atomic E-state index is 0.151. The molecule has 1 rings (SSSR count). The number of alkyl halides is 3. The molecule has 1 aromatic rings. The summed E-state index contributed by atoms with van der Waals surface area (Å²) in [4.78, 5) is 3.81. The lowest BCUT2D eigenvalue weighted by Gasteiger charge is -2.10. The summed E-state index contributed by atoms with van der Waals surface area (Å²) in [6.45, 7) is 2.59. The van der Waals surface area contributed by atoms with E-state index >= 15 is 0 Å². The number of ether oxygens (including phenoxy) is 1. The zero-order chi connectivity index (χ0) is 11.5. The number of hydrogen-bond acceptors (Lipinski definition) is 2. The first-order valence-corrected chi connectivity index (χ1v) is 4.53. The van der Waals surface area contributed by atoms with Crippen molar-refractivity contribution in [2.24, 2.45) is 0 Å². The van der Waals surface area contributed by atoms with Crippen LogP contribution in [0, 0.1) is 0 Å². The van der Waals surface area contributed by atoms with E-state index in [2.05, 4.69) is 9.72 Å².